The maximum Gasteiger partial charge on any atom is 0.348 e. The van der Waals surface area contributed by atoms with Crippen LogP contribution in [0, 0.1) is 5.92 Å². The van der Waals surface area contributed by atoms with Gasteiger partial charge in [0.2, 0.25) is 11.9 Å². The van der Waals surface area contributed by atoms with Crippen LogP contribution in [0.15, 0.2) is 60.7 Å². The summed E-state index contributed by atoms with van der Waals surface area (Å²) in [6.45, 7) is 8.74. The zero-order valence-electron chi connectivity index (χ0n) is 29.4. The largest absolute Gasteiger partial charge is 0.459 e. The number of unbranched alkanes of at least 4 members (excludes halogenated alkanes) is 8. The molecule has 6 nitrogen and oxygen atoms in total. The first-order valence-electron chi connectivity index (χ1n) is 18.9. The van der Waals surface area contributed by atoms with Crippen molar-refractivity contribution in [2.24, 2.45) is 5.92 Å². The molecule has 3 unspecified atom stereocenters. The van der Waals surface area contributed by atoms with Gasteiger partial charge >= 0.3 is 11.9 Å². The van der Waals surface area contributed by atoms with Gasteiger partial charge in [0.25, 0.3) is 0 Å². The number of hydrogen-bond donors (Lipinski definition) is 0. The Labute approximate surface area is 284 Å². The molecular weight excluding hydrogens is 586 g/mol. The third kappa shape index (κ3) is 8.48. The average Bonchev–Trinajstić information content (AvgIpc) is 3.63. The lowest BCUT2D eigenvalue weighted by Crippen LogP contribution is -2.60. The van der Waals surface area contributed by atoms with Gasteiger partial charge in [0.15, 0.2) is 0 Å². The summed E-state index contributed by atoms with van der Waals surface area (Å²) in [5.41, 5.74) is -0.219. The van der Waals surface area contributed by atoms with Crippen molar-refractivity contribution in [3.63, 3.8) is 0 Å². The maximum atomic E-state index is 14.8. The van der Waals surface area contributed by atoms with E-state index in [9.17, 15) is 9.59 Å². The highest BCUT2D eigenvalue weighted by atomic mass is 16.7. The Hall–Kier alpha value is -2.70. The molecule has 3 aliphatic rings. The van der Waals surface area contributed by atoms with Crippen LogP contribution in [0.3, 0.4) is 0 Å². The molecule has 2 aromatic carbocycles. The van der Waals surface area contributed by atoms with Gasteiger partial charge in [0, 0.05) is 50.9 Å². The smallest absolute Gasteiger partial charge is 0.348 e. The lowest BCUT2D eigenvalue weighted by atomic mass is 9.85. The van der Waals surface area contributed by atoms with E-state index in [0.29, 0.717) is 29.6 Å². The number of ether oxygens (including phenoxy) is 3. The highest BCUT2D eigenvalue weighted by molar-refractivity contribution is 5.86. The molecule has 6 heteroatoms. The van der Waals surface area contributed by atoms with Crippen LogP contribution in [0.2, 0.25) is 0 Å². The summed E-state index contributed by atoms with van der Waals surface area (Å²) in [6, 6.07) is 20.4. The quantitative estimate of drug-likeness (QED) is 0.0699. The Bertz CT molecular complexity index is 1190. The van der Waals surface area contributed by atoms with Crippen molar-refractivity contribution in [3.05, 3.63) is 71.8 Å². The average molecular weight is 647 g/mol. The fourth-order valence-electron chi connectivity index (χ4n) is 8.71. The molecule has 3 heterocycles. The van der Waals surface area contributed by atoms with Crippen LogP contribution >= 0.6 is 0 Å². The summed E-state index contributed by atoms with van der Waals surface area (Å²) in [6.07, 6.45) is 16.8. The third-order valence-corrected chi connectivity index (χ3v) is 11.2. The molecule has 3 fully saturated rings. The molecular formula is C41H60NO5+. The maximum absolute atomic E-state index is 14.8. The standard InChI is InChI=1S/C41H60NO5/c1-4-5-6-7-8-9-10-11-18-25-38(43)46-39(32(2)3)47-41(33-21-14-12-15-22-33,34-23-16-13-17-24-34)40(44)45-37-30-35-26-27-36(31-37)42(35)28-19-20-29-42/h12-17,21-24,32,35-37,39H,4-11,18-20,25-31H2,1-3H3/q+1. The zero-order valence-corrected chi connectivity index (χ0v) is 29.4. The van der Waals surface area contributed by atoms with Crippen molar-refractivity contribution >= 4 is 11.9 Å². The van der Waals surface area contributed by atoms with Gasteiger partial charge in [-0.15, -0.1) is 0 Å². The number of carbonyl (C=O) groups is 2. The number of hydrogen-bond acceptors (Lipinski definition) is 5. The molecule has 0 saturated carbocycles. The van der Waals surface area contributed by atoms with Crippen LogP contribution in [0.5, 0.6) is 0 Å². The molecule has 47 heavy (non-hydrogen) atoms. The van der Waals surface area contributed by atoms with E-state index in [1.807, 2.05) is 74.5 Å². The fraction of sp³-hybridized carbons (Fsp3) is 0.659. The van der Waals surface area contributed by atoms with Crippen molar-refractivity contribution in [2.45, 2.75) is 154 Å². The minimum absolute atomic E-state index is 0.147. The van der Waals surface area contributed by atoms with E-state index in [0.717, 1.165) is 32.1 Å². The molecule has 2 aromatic rings. The summed E-state index contributed by atoms with van der Waals surface area (Å²) >= 11 is 0. The predicted octanol–water partition coefficient (Wildman–Crippen LogP) is 9.24. The van der Waals surface area contributed by atoms with Gasteiger partial charge < -0.3 is 18.7 Å². The minimum Gasteiger partial charge on any atom is -0.459 e. The molecule has 3 saturated heterocycles. The molecule has 3 aliphatic heterocycles. The molecule has 0 amide bonds. The van der Waals surface area contributed by atoms with E-state index >= 15 is 0 Å². The van der Waals surface area contributed by atoms with E-state index in [2.05, 4.69) is 6.92 Å². The first-order valence-corrected chi connectivity index (χ1v) is 18.9. The number of nitrogens with zero attached hydrogens (tertiary/aromatic N) is 1. The minimum atomic E-state index is -1.58. The first-order chi connectivity index (χ1) is 22.9. The van der Waals surface area contributed by atoms with Crippen LogP contribution in [0.25, 0.3) is 0 Å². The van der Waals surface area contributed by atoms with Crippen molar-refractivity contribution in [1.29, 1.82) is 0 Å². The number of carbonyl (C=O) groups excluding carboxylic acids is 2. The molecule has 258 valence electrons. The normalized spacial score (nSPS) is 22.4. The van der Waals surface area contributed by atoms with Gasteiger partial charge in [0.1, 0.15) is 6.10 Å². The molecule has 0 N–H and O–H groups in total. The molecule has 0 aliphatic carbocycles. The number of piperidine rings is 1. The highest BCUT2D eigenvalue weighted by Crippen LogP contribution is 2.47. The Kier molecular flexibility index (Phi) is 13.0. The van der Waals surface area contributed by atoms with E-state index in [1.165, 1.54) is 81.8 Å². The Morgan fingerprint density at radius 2 is 1.28 bits per heavy atom. The monoisotopic (exact) mass is 646 g/mol. The lowest BCUT2D eigenvalue weighted by molar-refractivity contribution is -0.956. The van der Waals surface area contributed by atoms with Gasteiger partial charge in [-0.25, -0.2) is 4.79 Å². The highest BCUT2D eigenvalue weighted by Gasteiger charge is 2.57. The Balaban J connectivity index is 1.31. The molecule has 3 atom stereocenters. The van der Waals surface area contributed by atoms with E-state index < -0.39 is 17.9 Å². The molecule has 2 bridgehead atoms. The molecule has 0 radical (unpaired) electrons. The Morgan fingerprint density at radius 1 is 0.766 bits per heavy atom. The van der Waals surface area contributed by atoms with Gasteiger partial charge in [-0.3, -0.25) is 4.79 Å². The topological polar surface area (TPSA) is 61.8 Å². The van der Waals surface area contributed by atoms with Gasteiger partial charge in [-0.05, 0) is 17.5 Å². The number of rotatable bonds is 18. The van der Waals surface area contributed by atoms with Crippen molar-refractivity contribution in [2.75, 3.05) is 13.1 Å². The SMILES string of the molecule is CCCCCCCCCCCC(=O)OC(OC(C(=O)OC1CC2CCC(C1)[N+]21CCCC1)(c1ccccc1)c1ccccc1)C(C)C. The molecule has 0 aromatic heterocycles. The second kappa shape index (κ2) is 17.1. The number of quaternary nitrogens is 1. The van der Waals surface area contributed by atoms with E-state index in [4.69, 9.17) is 14.2 Å². The summed E-state index contributed by atoms with van der Waals surface area (Å²) in [5.74, 6) is -0.875. The van der Waals surface area contributed by atoms with Crippen molar-refractivity contribution < 1.29 is 28.3 Å². The van der Waals surface area contributed by atoms with Crippen LogP contribution in [-0.2, 0) is 29.4 Å². The van der Waals surface area contributed by atoms with Gasteiger partial charge in [-0.2, -0.15) is 0 Å². The summed E-state index contributed by atoms with van der Waals surface area (Å²) in [5, 5.41) is 0. The summed E-state index contributed by atoms with van der Waals surface area (Å²) in [4.78, 5) is 28.0. The second-order valence-electron chi connectivity index (χ2n) is 14.9. The first kappa shape index (κ1) is 35.6. The predicted molar refractivity (Wildman–Crippen MR) is 186 cm³/mol. The third-order valence-electron chi connectivity index (χ3n) is 11.2. The Morgan fingerprint density at radius 3 is 1.79 bits per heavy atom. The van der Waals surface area contributed by atoms with Gasteiger partial charge in [0.05, 0.1) is 25.2 Å². The number of esters is 2. The van der Waals surface area contributed by atoms with Crippen LogP contribution < -0.4 is 0 Å². The van der Waals surface area contributed by atoms with E-state index in [1.54, 1.807) is 0 Å². The number of benzene rings is 2. The summed E-state index contributed by atoms with van der Waals surface area (Å²) < 4.78 is 20.7. The summed E-state index contributed by atoms with van der Waals surface area (Å²) in [7, 11) is 0. The van der Waals surface area contributed by atoms with Crippen molar-refractivity contribution in [3.8, 4) is 0 Å². The second-order valence-corrected chi connectivity index (χ2v) is 14.9. The van der Waals surface area contributed by atoms with Crippen LogP contribution in [-0.4, -0.2) is 54.0 Å². The van der Waals surface area contributed by atoms with Gasteiger partial charge in [-0.1, -0.05) is 133 Å². The lowest BCUT2D eigenvalue weighted by Gasteiger charge is -2.47. The zero-order chi connectivity index (χ0) is 33.1. The molecule has 5 rings (SSSR count). The van der Waals surface area contributed by atoms with Crippen LogP contribution in [0.1, 0.15) is 135 Å². The van der Waals surface area contributed by atoms with Crippen LogP contribution in [0.4, 0.5) is 0 Å². The fourth-order valence-corrected chi connectivity index (χ4v) is 8.71. The molecule has 1 spiro atoms. The van der Waals surface area contributed by atoms with E-state index in [-0.39, 0.29) is 18.0 Å². The van der Waals surface area contributed by atoms with Crippen molar-refractivity contribution in [1.82, 2.24) is 0 Å².